The number of likely N-dealkylation sites (N-methyl/N-ethyl adjacent to an activating group) is 1. The number of nitrogens with zero attached hydrogens (tertiary/aromatic N) is 1. The highest BCUT2D eigenvalue weighted by atomic mass is 35.5. The first kappa shape index (κ1) is 16.7. The van der Waals surface area contributed by atoms with Crippen LogP contribution >= 0.6 is 11.6 Å². The first-order valence-electron chi connectivity index (χ1n) is 8.97. The Labute approximate surface area is 154 Å². The molecule has 1 unspecified atom stereocenters. The minimum atomic E-state index is 0.0347. The van der Waals surface area contributed by atoms with Crippen molar-refractivity contribution in [2.24, 2.45) is 0 Å². The first-order valence-corrected chi connectivity index (χ1v) is 9.34. The van der Waals surface area contributed by atoms with E-state index in [0.29, 0.717) is 0 Å². The maximum absolute atomic E-state index is 6.15. The lowest BCUT2D eigenvalue weighted by Crippen LogP contribution is -2.68. The molecule has 0 aromatic heterocycles. The Morgan fingerprint density at radius 1 is 1.16 bits per heavy atom. The number of fused-ring (bicyclic) bond motifs is 1. The van der Waals surface area contributed by atoms with E-state index < -0.39 is 0 Å². The molecule has 0 aliphatic carbocycles. The quantitative estimate of drug-likeness (QED) is 0.787. The fraction of sp³-hybridized carbons (Fsp3) is 0.400. The van der Waals surface area contributed by atoms with Gasteiger partial charge < -0.3 is 15.5 Å². The van der Waals surface area contributed by atoms with Gasteiger partial charge >= 0.3 is 0 Å². The van der Waals surface area contributed by atoms with E-state index in [-0.39, 0.29) is 11.7 Å². The van der Waals surface area contributed by atoms with Crippen LogP contribution in [0.5, 0.6) is 0 Å². The summed E-state index contributed by atoms with van der Waals surface area (Å²) < 4.78 is 0. The number of nitrogens with one attached hydrogen (secondary N) is 3. The van der Waals surface area contributed by atoms with Crippen molar-refractivity contribution in [3.05, 3.63) is 59.1 Å². The van der Waals surface area contributed by atoms with E-state index in [1.165, 1.54) is 16.9 Å². The maximum atomic E-state index is 6.15. The lowest BCUT2D eigenvalue weighted by Gasteiger charge is -2.53. The summed E-state index contributed by atoms with van der Waals surface area (Å²) in [5, 5.41) is 11.9. The van der Waals surface area contributed by atoms with Gasteiger partial charge in [-0.1, -0.05) is 35.9 Å². The van der Waals surface area contributed by atoms with Crippen LogP contribution < -0.4 is 20.9 Å². The van der Waals surface area contributed by atoms with Crippen molar-refractivity contribution in [2.45, 2.75) is 31.1 Å². The van der Waals surface area contributed by atoms with Gasteiger partial charge in [-0.3, -0.25) is 5.32 Å². The molecule has 3 N–H and O–H groups in total. The largest absolute Gasteiger partial charge is 0.374 e. The van der Waals surface area contributed by atoms with Gasteiger partial charge in [-0.15, -0.1) is 0 Å². The van der Waals surface area contributed by atoms with Crippen LogP contribution in [0.25, 0.3) is 0 Å². The Morgan fingerprint density at radius 2 is 1.96 bits per heavy atom. The average molecular weight is 357 g/mol. The third-order valence-electron chi connectivity index (χ3n) is 5.46. The van der Waals surface area contributed by atoms with Crippen molar-refractivity contribution in [1.29, 1.82) is 0 Å². The van der Waals surface area contributed by atoms with Crippen LogP contribution in [0, 0.1) is 0 Å². The van der Waals surface area contributed by atoms with Crippen LogP contribution in [0.15, 0.2) is 48.5 Å². The van der Waals surface area contributed by atoms with Crippen LogP contribution in [0.3, 0.4) is 0 Å². The second-order valence-corrected chi connectivity index (χ2v) is 7.51. The molecule has 4 rings (SSSR count). The summed E-state index contributed by atoms with van der Waals surface area (Å²) in [5.41, 5.74) is 3.72. The monoisotopic (exact) mass is 356 g/mol. The predicted molar refractivity (Wildman–Crippen MR) is 105 cm³/mol. The lowest BCUT2D eigenvalue weighted by molar-refractivity contribution is 0.242. The standard InChI is InChI=1S/C20H25ClN4/c1-25-18-8-3-2-7-17(18)24-20(9-11-22-12-10-20)19(25)23-14-15-5-4-6-16(21)13-15/h2-8,13,19,22-24H,9-12,14H2,1H3. The summed E-state index contributed by atoms with van der Waals surface area (Å²) in [7, 11) is 2.19. The van der Waals surface area contributed by atoms with E-state index in [9.17, 15) is 0 Å². The molecule has 2 aliphatic rings. The van der Waals surface area contributed by atoms with Gasteiger partial charge in [-0.05, 0) is 55.8 Å². The van der Waals surface area contributed by atoms with Gasteiger partial charge in [-0.2, -0.15) is 0 Å². The van der Waals surface area contributed by atoms with Crippen molar-refractivity contribution < 1.29 is 0 Å². The molecule has 25 heavy (non-hydrogen) atoms. The summed E-state index contributed by atoms with van der Waals surface area (Å²) in [4.78, 5) is 2.39. The van der Waals surface area contributed by atoms with Crippen LogP contribution in [-0.4, -0.2) is 31.8 Å². The molecule has 5 heteroatoms. The molecule has 1 atom stereocenters. The topological polar surface area (TPSA) is 39.3 Å². The molecule has 1 spiro atoms. The van der Waals surface area contributed by atoms with E-state index in [1.807, 2.05) is 18.2 Å². The van der Waals surface area contributed by atoms with Gasteiger partial charge in [0.25, 0.3) is 0 Å². The number of benzene rings is 2. The van der Waals surface area contributed by atoms with Gasteiger partial charge in [0.2, 0.25) is 0 Å². The SMILES string of the molecule is CN1c2ccccc2NC2(CCNCC2)C1NCc1cccc(Cl)c1. The summed E-state index contributed by atoms with van der Waals surface area (Å²) >= 11 is 6.15. The molecule has 4 nitrogen and oxygen atoms in total. The van der Waals surface area contributed by atoms with E-state index in [4.69, 9.17) is 11.6 Å². The minimum absolute atomic E-state index is 0.0347. The van der Waals surface area contributed by atoms with Crippen LogP contribution in [0.4, 0.5) is 11.4 Å². The zero-order valence-electron chi connectivity index (χ0n) is 14.6. The molecular weight excluding hydrogens is 332 g/mol. The molecular formula is C20H25ClN4. The highest BCUT2D eigenvalue weighted by Gasteiger charge is 2.45. The molecule has 1 fully saturated rings. The molecule has 0 saturated carbocycles. The highest BCUT2D eigenvalue weighted by Crippen LogP contribution is 2.40. The fourth-order valence-corrected chi connectivity index (χ4v) is 4.41. The number of halogens is 1. The second-order valence-electron chi connectivity index (χ2n) is 7.07. The Hall–Kier alpha value is -1.75. The highest BCUT2D eigenvalue weighted by molar-refractivity contribution is 6.30. The molecule has 2 aliphatic heterocycles. The van der Waals surface area contributed by atoms with E-state index in [2.05, 4.69) is 58.2 Å². The zero-order chi connectivity index (χ0) is 17.3. The van der Waals surface area contributed by atoms with Gasteiger partial charge in [0.1, 0.15) is 6.17 Å². The van der Waals surface area contributed by atoms with Gasteiger partial charge in [0.15, 0.2) is 0 Å². The first-order chi connectivity index (χ1) is 12.2. The number of hydrogen-bond donors (Lipinski definition) is 3. The third-order valence-corrected chi connectivity index (χ3v) is 5.70. The molecule has 2 aromatic rings. The molecule has 1 saturated heterocycles. The zero-order valence-corrected chi connectivity index (χ0v) is 15.3. The van der Waals surface area contributed by atoms with E-state index in [0.717, 1.165) is 37.5 Å². The van der Waals surface area contributed by atoms with Crippen LogP contribution in [0.2, 0.25) is 5.02 Å². The minimum Gasteiger partial charge on any atom is -0.374 e. The molecule has 0 amide bonds. The van der Waals surface area contributed by atoms with Crippen molar-refractivity contribution >= 4 is 23.0 Å². The normalized spacial score (nSPS) is 21.7. The molecule has 132 valence electrons. The molecule has 0 radical (unpaired) electrons. The Bertz CT molecular complexity index is 742. The summed E-state index contributed by atoms with van der Waals surface area (Å²) in [6, 6.07) is 16.7. The Morgan fingerprint density at radius 3 is 2.76 bits per heavy atom. The van der Waals surface area contributed by atoms with Crippen molar-refractivity contribution in [3.8, 4) is 0 Å². The fourth-order valence-electron chi connectivity index (χ4n) is 4.20. The molecule has 2 aromatic carbocycles. The van der Waals surface area contributed by atoms with Crippen molar-refractivity contribution in [3.63, 3.8) is 0 Å². The van der Waals surface area contributed by atoms with Crippen LogP contribution in [0.1, 0.15) is 18.4 Å². The smallest absolute Gasteiger partial charge is 0.103 e. The van der Waals surface area contributed by atoms with Gasteiger partial charge in [-0.25, -0.2) is 0 Å². The van der Waals surface area contributed by atoms with Gasteiger partial charge in [0.05, 0.1) is 16.9 Å². The lowest BCUT2D eigenvalue weighted by atomic mass is 9.82. The summed E-state index contributed by atoms with van der Waals surface area (Å²) in [6.07, 6.45) is 2.42. The molecule has 0 bridgehead atoms. The second kappa shape index (κ2) is 6.87. The molecule has 2 heterocycles. The van der Waals surface area contributed by atoms with Crippen molar-refractivity contribution in [1.82, 2.24) is 10.6 Å². The van der Waals surface area contributed by atoms with Crippen molar-refractivity contribution in [2.75, 3.05) is 30.4 Å². The van der Waals surface area contributed by atoms with Crippen LogP contribution in [-0.2, 0) is 6.54 Å². The number of piperidine rings is 1. The number of hydrogen-bond acceptors (Lipinski definition) is 4. The Balaban J connectivity index is 1.62. The number of para-hydroxylation sites is 2. The maximum Gasteiger partial charge on any atom is 0.103 e. The number of anilines is 2. The summed E-state index contributed by atoms with van der Waals surface area (Å²) in [6.45, 7) is 2.88. The third kappa shape index (κ3) is 3.22. The number of rotatable bonds is 3. The van der Waals surface area contributed by atoms with E-state index >= 15 is 0 Å². The average Bonchev–Trinajstić information content (AvgIpc) is 2.62. The summed E-state index contributed by atoms with van der Waals surface area (Å²) in [5.74, 6) is 0. The van der Waals surface area contributed by atoms with Gasteiger partial charge in [0, 0.05) is 18.6 Å². The Kier molecular flexibility index (Phi) is 4.59. The predicted octanol–water partition coefficient (Wildman–Crippen LogP) is 3.44. The van der Waals surface area contributed by atoms with E-state index in [1.54, 1.807) is 0 Å².